The highest BCUT2D eigenvalue weighted by atomic mass is 16.7. The van der Waals surface area contributed by atoms with E-state index in [0.29, 0.717) is 40.7 Å². The van der Waals surface area contributed by atoms with Crippen LogP contribution in [0.5, 0.6) is 17.2 Å². The highest BCUT2D eigenvalue weighted by molar-refractivity contribution is 5.90. The Labute approximate surface area is 258 Å². The highest BCUT2D eigenvalue weighted by Crippen LogP contribution is 2.34. The van der Waals surface area contributed by atoms with Crippen molar-refractivity contribution in [1.29, 1.82) is 0 Å². The second kappa shape index (κ2) is 14.1. The average molecular weight is 610 g/mol. The zero-order valence-corrected chi connectivity index (χ0v) is 25.6. The van der Waals surface area contributed by atoms with Gasteiger partial charge in [0.05, 0.1) is 25.6 Å². The van der Waals surface area contributed by atoms with Gasteiger partial charge in [0, 0.05) is 48.6 Å². The molecular weight excluding hydrogens is 566 g/mol. The molecule has 2 aromatic carbocycles. The molecule has 1 saturated carbocycles. The molecule has 0 bridgehead atoms. The van der Waals surface area contributed by atoms with Crippen molar-refractivity contribution in [2.24, 2.45) is 5.92 Å². The second-order valence-electron chi connectivity index (χ2n) is 12.0. The van der Waals surface area contributed by atoms with Crippen LogP contribution >= 0.6 is 0 Å². The van der Waals surface area contributed by atoms with Gasteiger partial charge in [-0.15, -0.1) is 0 Å². The van der Waals surface area contributed by atoms with Gasteiger partial charge in [0.2, 0.25) is 12.7 Å². The lowest BCUT2D eigenvalue weighted by molar-refractivity contribution is -0.134. The van der Waals surface area contributed by atoms with Crippen LogP contribution in [0.1, 0.15) is 51.5 Å². The van der Waals surface area contributed by atoms with Gasteiger partial charge in [-0.2, -0.15) is 0 Å². The lowest BCUT2D eigenvalue weighted by Gasteiger charge is -2.34. The number of nitrogens with one attached hydrogen (secondary N) is 3. The first-order chi connectivity index (χ1) is 21.2. The monoisotopic (exact) mass is 609 g/mol. The number of carbonyl (C=O) groups is 3. The van der Waals surface area contributed by atoms with E-state index in [1.807, 2.05) is 6.92 Å². The summed E-state index contributed by atoms with van der Waals surface area (Å²) in [6, 6.07) is 9.64. The number of fused-ring (bicyclic) bond motifs is 2. The van der Waals surface area contributed by atoms with Gasteiger partial charge in [-0.05, 0) is 50.1 Å². The molecule has 0 saturated heterocycles. The summed E-state index contributed by atoms with van der Waals surface area (Å²) >= 11 is 0. The predicted octanol–water partition coefficient (Wildman–Crippen LogP) is 4.18. The SMILES string of the molecule is C[C@@H]1CN([C@H](C)CO)C(=O)Cc2cc(NC(=O)NC3CCCCC3)ccc2O[C@H]1CN(C)C(=O)Nc1ccc2c(c1)OCO2. The maximum Gasteiger partial charge on any atom is 0.321 e. The Morgan fingerprint density at radius 1 is 1.02 bits per heavy atom. The minimum Gasteiger partial charge on any atom is -0.488 e. The van der Waals surface area contributed by atoms with Gasteiger partial charge < -0.3 is 45.1 Å². The number of amides is 5. The Morgan fingerprint density at radius 2 is 1.73 bits per heavy atom. The molecule has 4 N–H and O–H groups in total. The summed E-state index contributed by atoms with van der Waals surface area (Å²) in [5.41, 5.74) is 1.74. The molecule has 0 unspecified atom stereocenters. The lowest BCUT2D eigenvalue weighted by Crippen LogP contribution is -2.48. The molecule has 2 heterocycles. The van der Waals surface area contributed by atoms with Gasteiger partial charge in [-0.3, -0.25) is 4.79 Å². The number of hydrogen-bond acceptors (Lipinski definition) is 7. The molecule has 2 aliphatic heterocycles. The largest absolute Gasteiger partial charge is 0.488 e. The van der Waals surface area contributed by atoms with Crippen LogP contribution in [0, 0.1) is 5.92 Å². The van der Waals surface area contributed by atoms with E-state index in [1.165, 1.54) is 11.3 Å². The Hall–Kier alpha value is -4.19. The third-order valence-corrected chi connectivity index (χ3v) is 8.54. The summed E-state index contributed by atoms with van der Waals surface area (Å²) < 4.78 is 17.3. The quantitative estimate of drug-likeness (QED) is 0.369. The van der Waals surface area contributed by atoms with Crippen LogP contribution in [-0.2, 0) is 11.2 Å². The highest BCUT2D eigenvalue weighted by Gasteiger charge is 2.32. The Bertz CT molecular complexity index is 1350. The number of anilines is 2. The number of ether oxygens (including phenoxy) is 3. The van der Waals surface area contributed by atoms with Crippen molar-refractivity contribution in [3.8, 4) is 17.2 Å². The first-order valence-electron chi connectivity index (χ1n) is 15.4. The molecule has 3 atom stereocenters. The van der Waals surface area contributed by atoms with E-state index in [1.54, 1.807) is 55.3 Å². The fourth-order valence-corrected chi connectivity index (χ4v) is 5.87. The van der Waals surface area contributed by atoms with Gasteiger partial charge in [-0.1, -0.05) is 26.2 Å². The average Bonchev–Trinajstić information content (AvgIpc) is 3.49. The lowest BCUT2D eigenvalue weighted by atomic mass is 9.96. The molecule has 1 fully saturated rings. The van der Waals surface area contributed by atoms with Crippen molar-refractivity contribution in [3.05, 3.63) is 42.0 Å². The van der Waals surface area contributed by atoms with Crippen LogP contribution in [0.3, 0.4) is 0 Å². The molecule has 0 spiro atoms. The van der Waals surface area contributed by atoms with Gasteiger partial charge in [0.25, 0.3) is 0 Å². The molecule has 5 rings (SSSR count). The van der Waals surface area contributed by atoms with Crippen molar-refractivity contribution >= 4 is 29.3 Å². The number of rotatable bonds is 7. The smallest absolute Gasteiger partial charge is 0.321 e. The van der Waals surface area contributed by atoms with Gasteiger partial charge in [0.1, 0.15) is 11.9 Å². The van der Waals surface area contributed by atoms with Crippen LogP contribution < -0.4 is 30.2 Å². The number of hydrogen-bond donors (Lipinski definition) is 4. The second-order valence-corrected chi connectivity index (χ2v) is 12.0. The minimum absolute atomic E-state index is 0.0410. The van der Waals surface area contributed by atoms with E-state index >= 15 is 0 Å². The normalized spacial score (nSPS) is 20.7. The molecule has 0 radical (unpaired) electrons. The van der Waals surface area contributed by atoms with E-state index < -0.39 is 12.1 Å². The Balaban J connectivity index is 1.32. The fourth-order valence-electron chi connectivity index (χ4n) is 5.87. The topological polar surface area (TPSA) is 142 Å². The minimum atomic E-state index is -0.478. The summed E-state index contributed by atoms with van der Waals surface area (Å²) in [5, 5.41) is 18.8. The number of benzene rings is 2. The first kappa shape index (κ1) is 31.2. The molecule has 1 aliphatic carbocycles. The van der Waals surface area contributed by atoms with Crippen molar-refractivity contribution in [3.63, 3.8) is 0 Å². The molecule has 12 heteroatoms. The zero-order valence-electron chi connectivity index (χ0n) is 25.6. The third kappa shape index (κ3) is 7.65. The molecule has 3 aliphatic rings. The summed E-state index contributed by atoms with van der Waals surface area (Å²) in [5.74, 6) is 1.37. The number of nitrogens with zero attached hydrogens (tertiary/aromatic N) is 2. The van der Waals surface area contributed by atoms with E-state index in [0.717, 1.165) is 25.7 Å². The molecule has 44 heavy (non-hydrogen) atoms. The van der Waals surface area contributed by atoms with Crippen LogP contribution in [0.4, 0.5) is 21.0 Å². The van der Waals surface area contributed by atoms with Crippen LogP contribution in [0.15, 0.2) is 36.4 Å². The van der Waals surface area contributed by atoms with E-state index in [4.69, 9.17) is 14.2 Å². The summed E-state index contributed by atoms with van der Waals surface area (Å²) in [4.78, 5) is 42.6. The number of carbonyl (C=O) groups excluding carboxylic acids is 3. The molecule has 238 valence electrons. The molecule has 5 amide bonds. The van der Waals surface area contributed by atoms with Crippen molar-refractivity contribution in [2.75, 3.05) is 44.2 Å². The maximum absolute atomic E-state index is 13.5. The fraction of sp³-hybridized carbons (Fsp3) is 0.531. The first-order valence-corrected chi connectivity index (χ1v) is 15.4. The number of likely N-dealkylation sites (N-methyl/N-ethyl adjacent to an activating group) is 1. The third-order valence-electron chi connectivity index (χ3n) is 8.54. The van der Waals surface area contributed by atoms with Gasteiger partial charge >= 0.3 is 12.1 Å². The van der Waals surface area contributed by atoms with E-state index in [-0.39, 0.29) is 56.3 Å². The van der Waals surface area contributed by atoms with Gasteiger partial charge in [-0.25, -0.2) is 9.59 Å². The Kier molecular flexibility index (Phi) is 9.99. The summed E-state index contributed by atoms with van der Waals surface area (Å²) in [7, 11) is 1.68. The molecular formula is C32H43N5O7. The van der Waals surface area contributed by atoms with Gasteiger partial charge in [0.15, 0.2) is 11.5 Å². The summed E-state index contributed by atoms with van der Waals surface area (Å²) in [6.07, 6.45) is 4.93. The van der Waals surface area contributed by atoms with E-state index in [9.17, 15) is 19.5 Å². The van der Waals surface area contributed by atoms with Crippen LogP contribution in [0.25, 0.3) is 0 Å². The number of aliphatic hydroxyl groups excluding tert-OH is 1. The summed E-state index contributed by atoms with van der Waals surface area (Å²) in [6.45, 7) is 4.30. The molecule has 12 nitrogen and oxygen atoms in total. The van der Waals surface area contributed by atoms with Crippen molar-refractivity contribution in [2.45, 2.75) is 70.6 Å². The maximum atomic E-state index is 13.5. The molecule has 0 aromatic heterocycles. The van der Waals surface area contributed by atoms with Crippen molar-refractivity contribution < 1.29 is 33.7 Å². The predicted molar refractivity (Wildman–Crippen MR) is 165 cm³/mol. The van der Waals surface area contributed by atoms with Crippen LogP contribution in [-0.4, -0.2) is 84.6 Å². The van der Waals surface area contributed by atoms with E-state index in [2.05, 4.69) is 16.0 Å². The van der Waals surface area contributed by atoms with Crippen LogP contribution in [0.2, 0.25) is 0 Å². The standard InChI is InChI=1S/C32H43N5O7/c1-20-16-37(21(2)18-38)30(39)14-22-13-24(34-31(40)33-23-7-5-4-6-8-23)9-11-26(22)44-29(20)17-36(3)32(41)35-25-10-12-27-28(15-25)43-19-42-27/h9-13,15,20-21,23,29,38H,4-8,14,16-19H2,1-3H3,(H,35,41)(H2,33,34,40)/t20-,21-,29+/m1/s1. The van der Waals surface area contributed by atoms with Crippen molar-refractivity contribution in [1.82, 2.24) is 15.1 Å². The molecule has 2 aromatic rings. The Morgan fingerprint density at radius 3 is 2.48 bits per heavy atom. The number of urea groups is 2. The number of aliphatic hydroxyl groups is 1. The zero-order chi connectivity index (χ0) is 31.2.